The van der Waals surface area contributed by atoms with Crippen LogP contribution in [0.25, 0.3) is 11.2 Å². The molecule has 0 atom stereocenters. The number of aromatic nitrogens is 4. The maximum absolute atomic E-state index is 12.6. The van der Waals surface area contributed by atoms with E-state index in [9.17, 15) is 9.59 Å². The van der Waals surface area contributed by atoms with Gasteiger partial charge in [0.15, 0.2) is 11.2 Å². The van der Waals surface area contributed by atoms with Crippen molar-refractivity contribution in [1.82, 2.24) is 19.1 Å². The minimum atomic E-state index is -0.404. The third-order valence-corrected chi connectivity index (χ3v) is 5.61. The normalized spacial score (nSPS) is 15.4. The summed E-state index contributed by atoms with van der Waals surface area (Å²) in [5.74, 6) is 0.854. The number of aryl methyl sites for hydroxylation is 2. The first-order valence-corrected chi connectivity index (χ1v) is 10.6. The average Bonchev–Trinajstić information content (AvgIpc) is 2.84. The van der Waals surface area contributed by atoms with Crippen molar-refractivity contribution in [2.24, 2.45) is 7.05 Å². The van der Waals surface area contributed by atoms with Crippen LogP contribution in [0.3, 0.4) is 0 Å². The van der Waals surface area contributed by atoms with Crippen LogP contribution in [-0.2, 0) is 13.6 Å². The Balaban J connectivity index is 1.92. The highest BCUT2D eigenvalue weighted by atomic mass is 16.2. The molecule has 0 unspecified atom stereocenters. The molecule has 0 aromatic carbocycles. The summed E-state index contributed by atoms with van der Waals surface area (Å²) in [6.45, 7) is 4.93. The van der Waals surface area contributed by atoms with E-state index in [2.05, 4.69) is 21.4 Å². The Labute approximate surface area is 160 Å². The third kappa shape index (κ3) is 4.45. The van der Waals surface area contributed by atoms with Crippen molar-refractivity contribution in [2.75, 3.05) is 18.0 Å². The topological polar surface area (TPSA) is 75.9 Å². The lowest BCUT2D eigenvalue weighted by molar-refractivity contribution is 0.559. The molecule has 1 fully saturated rings. The van der Waals surface area contributed by atoms with E-state index in [1.165, 1.54) is 43.1 Å². The van der Waals surface area contributed by atoms with Crippen molar-refractivity contribution < 1.29 is 0 Å². The number of fused-ring (bicyclic) bond motifs is 1. The summed E-state index contributed by atoms with van der Waals surface area (Å²) in [6.07, 6.45) is 12.0. The van der Waals surface area contributed by atoms with Crippen LogP contribution in [0.2, 0.25) is 0 Å². The zero-order valence-corrected chi connectivity index (χ0v) is 16.8. The Morgan fingerprint density at radius 3 is 2.33 bits per heavy atom. The molecule has 2 aromatic rings. The number of hydrogen-bond acceptors (Lipinski definition) is 4. The van der Waals surface area contributed by atoms with Crippen LogP contribution in [0, 0.1) is 0 Å². The van der Waals surface area contributed by atoms with E-state index in [0.29, 0.717) is 11.2 Å². The second-order valence-electron chi connectivity index (χ2n) is 7.72. The number of H-pyrrole nitrogens is 1. The number of imidazole rings is 1. The van der Waals surface area contributed by atoms with Gasteiger partial charge in [-0.15, -0.1) is 0 Å². The van der Waals surface area contributed by atoms with Gasteiger partial charge in [-0.1, -0.05) is 51.9 Å². The van der Waals surface area contributed by atoms with Crippen LogP contribution in [0.1, 0.15) is 71.1 Å². The van der Waals surface area contributed by atoms with Crippen molar-refractivity contribution in [2.45, 2.75) is 77.7 Å². The molecule has 150 valence electrons. The van der Waals surface area contributed by atoms with Crippen molar-refractivity contribution in [3.8, 4) is 0 Å². The van der Waals surface area contributed by atoms with Crippen LogP contribution >= 0.6 is 0 Å². The van der Waals surface area contributed by atoms with Gasteiger partial charge in [0.1, 0.15) is 0 Å². The SMILES string of the molecule is CCCCCCCCn1c(N2CCCCCC2)nc2c1c(=O)[nH]c(=O)n2C. The molecule has 0 radical (unpaired) electrons. The zero-order valence-electron chi connectivity index (χ0n) is 16.8. The summed E-state index contributed by atoms with van der Waals surface area (Å²) in [6, 6.07) is 0. The minimum Gasteiger partial charge on any atom is -0.342 e. The lowest BCUT2D eigenvalue weighted by Gasteiger charge is -2.22. The lowest BCUT2D eigenvalue weighted by Crippen LogP contribution is -2.30. The molecule has 3 heterocycles. The van der Waals surface area contributed by atoms with Crippen LogP contribution < -0.4 is 16.1 Å². The second-order valence-corrected chi connectivity index (χ2v) is 7.72. The van der Waals surface area contributed by atoms with Gasteiger partial charge < -0.3 is 9.47 Å². The summed E-state index contributed by atoms with van der Waals surface area (Å²) < 4.78 is 3.51. The Bertz CT molecular complexity index is 856. The van der Waals surface area contributed by atoms with E-state index in [0.717, 1.165) is 51.3 Å². The van der Waals surface area contributed by atoms with Gasteiger partial charge in [-0.05, 0) is 19.3 Å². The molecule has 2 aromatic heterocycles. The molecule has 1 N–H and O–H groups in total. The largest absolute Gasteiger partial charge is 0.342 e. The fraction of sp³-hybridized carbons (Fsp3) is 0.750. The monoisotopic (exact) mass is 375 g/mol. The Kier molecular flexibility index (Phi) is 6.74. The quantitative estimate of drug-likeness (QED) is 0.719. The summed E-state index contributed by atoms with van der Waals surface area (Å²) in [7, 11) is 1.68. The first kappa shape index (κ1) is 19.7. The number of anilines is 1. The molecule has 0 saturated carbocycles. The molecule has 0 spiro atoms. The van der Waals surface area contributed by atoms with Gasteiger partial charge in [-0.3, -0.25) is 14.3 Å². The molecule has 1 saturated heterocycles. The number of rotatable bonds is 8. The molecule has 7 heteroatoms. The van der Waals surface area contributed by atoms with Crippen LogP contribution in [-0.4, -0.2) is 32.2 Å². The van der Waals surface area contributed by atoms with E-state index in [1.807, 2.05) is 0 Å². The molecule has 1 aliphatic rings. The van der Waals surface area contributed by atoms with Gasteiger partial charge in [0.2, 0.25) is 5.95 Å². The van der Waals surface area contributed by atoms with Gasteiger partial charge in [-0.2, -0.15) is 4.98 Å². The smallest absolute Gasteiger partial charge is 0.329 e. The van der Waals surface area contributed by atoms with Crippen molar-refractivity contribution in [3.05, 3.63) is 20.8 Å². The first-order chi connectivity index (χ1) is 13.1. The number of aromatic amines is 1. The summed E-state index contributed by atoms with van der Waals surface area (Å²) in [5.41, 5.74) is 0.297. The van der Waals surface area contributed by atoms with Gasteiger partial charge >= 0.3 is 5.69 Å². The standard InChI is InChI=1S/C20H33N5O2/c1-3-4-5-6-7-12-15-25-16-17(23(2)20(27)22-18(16)26)21-19(25)24-13-10-8-9-11-14-24/h3-15H2,1-2H3,(H,22,26,27). The molecular formula is C20H33N5O2. The van der Waals surface area contributed by atoms with Crippen LogP contribution in [0.4, 0.5) is 5.95 Å². The van der Waals surface area contributed by atoms with Gasteiger partial charge in [0.05, 0.1) is 0 Å². The highest BCUT2D eigenvalue weighted by Gasteiger charge is 2.22. The third-order valence-electron chi connectivity index (χ3n) is 5.61. The number of hydrogen-bond donors (Lipinski definition) is 1. The second kappa shape index (κ2) is 9.24. The maximum atomic E-state index is 12.6. The molecule has 0 amide bonds. The first-order valence-electron chi connectivity index (χ1n) is 10.6. The average molecular weight is 376 g/mol. The molecule has 3 rings (SSSR count). The molecule has 0 bridgehead atoms. The minimum absolute atomic E-state index is 0.326. The summed E-state index contributed by atoms with van der Waals surface area (Å²) in [4.78, 5) is 34.1. The van der Waals surface area contributed by atoms with Gasteiger partial charge in [0.25, 0.3) is 5.56 Å². The van der Waals surface area contributed by atoms with Crippen LogP contribution in [0.15, 0.2) is 9.59 Å². The lowest BCUT2D eigenvalue weighted by atomic mass is 10.1. The molecule has 1 aliphatic heterocycles. The van der Waals surface area contributed by atoms with E-state index >= 15 is 0 Å². The summed E-state index contributed by atoms with van der Waals surface area (Å²) in [5, 5.41) is 0. The number of nitrogens with zero attached hydrogens (tertiary/aromatic N) is 4. The van der Waals surface area contributed by atoms with E-state index in [1.54, 1.807) is 7.05 Å². The van der Waals surface area contributed by atoms with E-state index < -0.39 is 5.69 Å². The van der Waals surface area contributed by atoms with Gasteiger partial charge in [-0.25, -0.2) is 4.79 Å². The molecule has 0 aliphatic carbocycles. The maximum Gasteiger partial charge on any atom is 0.329 e. The van der Waals surface area contributed by atoms with Crippen LogP contribution in [0.5, 0.6) is 0 Å². The zero-order chi connectivity index (χ0) is 19.2. The highest BCUT2D eigenvalue weighted by molar-refractivity contribution is 5.74. The number of nitrogens with one attached hydrogen (secondary N) is 1. The Hall–Kier alpha value is -2.05. The van der Waals surface area contributed by atoms with E-state index in [-0.39, 0.29) is 5.56 Å². The van der Waals surface area contributed by atoms with Gasteiger partial charge in [0, 0.05) is 26.7 Å². The molecule has 27 heavy (non-hydrogen) atoms. The molecular weight excluding hydrogens is 342 g/mol. The Morgan fingerprint density at radius 1 is 0.963 bits per heavy atom. The van der Waals surface area contributed by atoms with E-state index in [4.69, 9.17) is 4.98 Å². The summed E-state index contributed by atoms with van der Waals surface area (Å²) >= 11 is 0. The molecule has 7 nitrogen and oxygen atoms in total. The fourth-order valence-corrected chi connectivity index (χ4v) is 4.00. The Morgan fingerprint density at radius 2 is 1.63 bits per heavy atom. The van der Waals surface area contributed by atoms with Crippen molar-refractivity contribution in [3.63, 3.8) is 0 Å². The predicted octanol–water partition coefficient (Wildman–Crippen LogP) is 3.16. The van der Waals surface area contributed by atoms with Crippen molar-refractivity contribution >= 4 is 17.1 Å². The number of unbranched alkanes of at least 4 members (excludes halogenated alkanes) is 5. The fourth-order valence-electron chi connectivity index (χ4n) is 4.00. The highest BCUT2D eigenvalue weighted by Crippen LogP contribution is 2.23. The predicted molar refractivity (Wildman–Crippen MR) is 110 cm³/mol. The van der Waals surface area contributed by atoms with Crippen molar-refractivity contribution in [1.29, 1.82) is 0 Å².